The average molecular weight is 532 g/mol. The Morgan fingerprint density at radius 3 is 2.34 bits per heavy atom. The molecule has 7 nitrogen and oxygen atoms in total. The van der Waals surface area contributed by atoms with Crippen molar-refractivity contribution in [3.05, 3.63) is 88.4 Å². The van der Waals surface area contributed by atoms with Gasteiger partial charge in [0.05, 0.1) is 10.6 Å². The van der Waals surface area contributed by atoms with Gasteiger partial charge in [0, 0.05) is 35.2 Å². The van der Waals surface area contributed by atoms with E-state index in [1.165, 1.54) is 30.3 Å². The van der Waals surface area contributed by atoms with E-state index < -0.39 is 22.5 Å². The Morgan fingerprint density at radius 2 is 1.69 bits per heavy atom. The third-order valence-corrected chi connectivity index (χ3v) is 7.76. The Bertz CT molecular complexity index is 1330. The number of hydrogen-bond donors (Lipinski definition) is 1. The highest BCUT2D eigenvalue weighted by molar-refractivity contribution is 7.92. The Morgan fingerprint density at radius 1 is 0.971 bits per heavy atom. The predicted molar refractivity (Wildman–Crippen MR) is 137 cm³/mol. The molecule has 1 fully saturated rings. The summed E-state index contributed by atoms with van der Waals surface area (Å²) in [7, 11) is -4.08. The van der Waals surface area contributed by atoms with Gasteiger partial charge in [-0.15, -0.1) is 0 Å². The first-order valence-corrected chi connectivity index (χ1v) is 13.1. The maximum Gasteiger partial charge on any atom is 0.264 e. The van der Waals surface area contributed by atoms with E-state index in [-0.39, 0.29) is 33.1 Å². The van der Waals surface area contributed by atoms with Crippen LogP contribution in [0.4, 0.5) is 11.4 Å². The Hall–Kier alpha value is -3.07. The Labute approximate surface area is 214 Å². The average Bonchev–Trinajstić information content (AvgIpc) is 3.27. The van der Waals surface area contributed by atoms with Crippen LogP contribution in [0.15, 0.2) is 77.7 Å². The molecule has 0 aromatic heterocycles. The summed E-state index contributed by atoms with van der Waals surface area (Å²) in [6.45, 7) is 0.367. The fourth-order valence-corrected chi connectivity index (χ4v) is 5.80. The van der Waals surface area contributed by atoms with Crippen molar-refractivity contribution in [3.8, 4) is 0 Å². The summed E-state index contributed by atoms with van der Waals surface area (Å²) in [5.74, 6) is -0.434. The summed E-state index contributed by atoms with van der Waals surface area (Å²) < 4.78 is 27.8. The normalized spacial score (nSPS) is 13.7. The molecule has 1 saturated heterocycles. The van der Waals surface area contributed by atoms with Gasteiger partial charge >= 0.3 is 0 Å². The van der Waals surface area contributed by atoms with E-state index in [0.717, 1.165) is 22.0 Å². The van der Waals surface area contributed by atoms with Crippen molar-refractivity contribution in [1.29, 1.82) is 0 Å². The number of carbonyl (C=O) groups is 2. The van der Waals surface area contributed by atoms with Gasteiger partial charge in [-0.05, 0) is 54.4 Å². The van der Waals surface area contributed by atoms with Crippen LogP contribution in [-0.4, -0.2) is 33.3 Å². The number of nitrogens with one attached hydrogen (secondary N) is 1. The molecule has 0 radical (unpaired) electrons. The zero-order valence-corrected chi connectivity index (χ0v) is 21.0. The monoisotopic (exact) mass is 531 g/mol. The SMILES string of the molecule is O=C(CN(c1cc(Cl)cc(Cl)c1)S(=O)(=O)c1ccccc1)NCc1cccc(N2CCCC2=O)c1. The molecule has 0 aliphatic carbocycles. The molecule has 4 rings (SSSR count). The molecule has 1 heterocycles. The van der Waals surface area contributed by atoms with E-state index in [4.69, 9.17) is 23.2 Å². The van der Waals surface area contributed by atoms with Crippen LogP contribution in [0.25, 0.3) is 0 Å². The van der Waals surface area contributed by atoms with Crippen molar-refractivity contribution in [2.45, 2.75) is 24.3 Å². The topological polar surface area (TPSA) is 86.8 Å². The van der Waals surface area contributed by atoms with Crippen molar-refractivity contribution in [2.75, 3.05) is 22.3 Å². The number of halogens is 2. The molecular weight excluding hydrogens is 509 g/mol. The Balaban J connectivity index is 1.54. The molecule has 0 spiro atoms. The highest BCUT2D eigenvalue weighted by atomic mass is 35.5. The smallest absolute Gasteiger partial charge is 0.264 e. The third-order valence-electron chi connectivity index (χ3n) is 5.54. The summed E-state index contributed by atoms with van der Waals surface area (Å²) >= 11 is 12.2. The maximum atomic E-state index is 13.4. The van der Waals surface area contributed by atoms with Crippen LogP contribution in [0.1, 0.15) is 18.4 Å². The van der Waals surface area contributed by atoms with Gasteiger partial charge in [0.15, 0.2) is 0 Å². The molecule has 3 aromatic rings. The van der Waals surface area contributed by atoms with E-state index in [1.54, 1.807) is 23.1 Å². The van der Waals surface area contributed by atoms with E-state index in [0.29, 0.717) is 13.0 Å². The second-order valence-electron chi connectivity index (χ2n) is 8.05. The van der Waals surface area contributed by atoms with Crippen LogP contribution in [0.2, 0.25) is 10.0 Å². The minimum Gasteiger partial charge on any atom is -0.350 e. The maximum absolute atomic E-state index is 13.4. The first-order chi connectivity index (χ1) is 16.7. The predicted octanol–water partition coefficient (Wildman–Crippen LogP) is 4.63. The van der Waals surface area contributed by atoms with E-state index in [9.17, 15) is 18.0 Å². The zero-order chi connectivity index (χ0) is 25.0. The lowest BCUT2D eigenvalue weighted by Gasteiger charge is -2.24. The summed E-state index contributed by atoms with van der Waals surface area (Å²) in [6.07, 6.45) is 1.35. The number of sulfonamides is 1. The lowest BCUT2D eigenvalue weighted by atomic mass is 10.2. The summed E-state index contributed by atoms with van der Waals surface area (Å²) in [6, 6.07) is 19.5. The van der Waals surface area contributed by atoms with Crippen LogP contribution >= 0.6 is 23.2 Å². The van der Waals surface area contributed by atoms with Crippen molar-refractivity contribution in [1.82, 2.24) is 5.32 Å². The lowest BCUT2D eigenvalue weighted by molar-refractivity contribution is -0.120. The van der Waals surface area contributed by atoms with Gasteiger partial charge in [-0.2, -0.15) is 0 Å². The van der Waals surface area contributed by atoms with Gasteiger partial charge in [-0.1, -0.05) is 53.5 Å². The molecule has 0 unspecified atom stereocenters. The van der Waals surface area contributed by atoms with Crippen LogP contribution in [-0.2, 0) is 26.2 Å². The molecule has 35 heavy (non-hydrogen) atoms. The van der Waals surface area contributed by atoms with Crippen LogP contribution in [0.5, 0.6) is 0 Å². The van der Waals surface area contributed by atoms with Crippen molar-refractivity contribution < 1.29 is 18.0 Å². The van der Waals surface area contributed by atoms with Gasteiger partial charge < -0.3 is 10.2 Å². The number of benzene rings is 3. The minimum atomic E-state index is -4.08. The van der Waals surface area contributed by atoms with Gasteiger partial charge in [-0.25, -0.2) is 8.42 Å². The van der Waals surface area contributed by atoms with Gasteiger partial charge in [0.2, 0.25) is 11.8 Å². The van der Waals surface area contributed by atoms with Crippen LogP contribution < -0.4 is 14.5 Å². The standard InChI is InChI=1S/C25H23Cl2N3O4S/c26-19-13-20(27)15-22(14-19)30(35(33,34)23-8-2-1-3-9-23)17-24(31)28-16-18-6-4-7-21(12-18)29-11-5-10-25(29)32/h1-4,6-9,12-15H,5,10-11,16-17H2,(H,28,31). The summed E-state index contributed by atoms with van der Waals surface area (Å²) in [5.41, 5.74) is 1.75. The molecule has 1 aliphatic rings. The summed E-state index contributed by atoms with van der Waals surface area (Å²) in [4.78, 5) is 26.7. The van der Waals surface area contributed by atoms with Crippen LogP contribution in [0.3, 0.4) is 0 Å². The quantitative estimate of drug-likeness (QED) is 0.459. The molecule has 10 heteroatoms. The molecule has 3 aromatic carbocycles. The number of carbonyl (C=O) groups excluding carboxylic acids is 2. The first-order valence-electron chi connectivity index (χ1n) is 10.9. The van der Waals surface area contributed by atoms with E-state index in [1.807, 2.05) is 24.3 Å². The number of anilines is 2. The third kappa shape index (κ3) is 5.96. The molecular formula is C25H23Cl2N3O4S. The lowest BCUT2D eigenvalue weighted by Crippen LogP contribution is -2.40. The number of nitrogens with zero attached hydrogens (tertiary/aromatic N) is 2. The number of amides is 2. The molecule has 0 saturated carbocycles. The number of hydrogen-bond acceptors (Lipinski definition) is 4. The summed E-state index contributed by atoms with van der Waals surface area (Å²) in [5, 5.41) is 3.26. The Kier molecular flexibility index (Phi) is 7.64. The molecule has 1 aliphatic heterocycles. The van der Waals surface area contributed by atoms with Crippen LogP contribution in [0, 0.1) is 0 Å². The van der Waals surface area contributed by atoms with E-state index >= 15 is 0 Å². The molecule has 2 amide bonds. The van der Waals surface area contributed by atoms with Crippen molar-refractivity contribution in [2.24, 2.45) is 0 Å². The van der Waals surface area contributed by atoms with Gasteiger partial charge in [0.1, 0.15) is 6.54 Å². The van der Waals surface area contributed by atoms with Crippen molar-refractivity contribution >= 4 is 56.4 Å². The second kappa shape index (κ2) is 10.7. The molecule has 0 bridgehead atoms. The molecule has 1 N–H and O–H groups in total. The highest BCUT2D eigenvalue weighted by Crippen LogP contribution is 2.29. The van der Waals surface area contributed by atoms with Gasteiger partial charge in [-0.3, -0.25) is 13.9 Å². The first kappa shape index (κ1) is 25.0. The van der Waals surface area contributed by atoms with E-state index in [2.05, 4.69) is 5.32 Å². The van der Waals surface area contributed by atoms with Gasteiger partial charge in [0.25, 0.3) is 10.0 Å². The molecule has 0 atom stereocenters. The fourth-order valence-electron chi connectivity index (χ4n) is 3.86. The minimum absolute atomic E-state index is 0.0341. The number of rotatable bonds is 8. The highest BCUT2D eigenvalue weighted by Gasteiger charge is 2.28. The fraction of sp³-hybridized carbons (Fsp3) is 0.200. The van der Waals surface area contributed by atoms with Crippen molar-refractivity contribution in [3.63, 3.8) is 0 Å². The largest absolute Gasteiger partial charge is 0.350 e. The molecule has 182 valence electrons. The second-order valence-corrected chi connectivity index (χ2v) is 10.8. The zero-order valence-electron chi connectivity index (χ0n) is 18.7.